The van der Waals surface area contributed by atoms with E-state index in [0.29, 0.717) is 29.8 Å². The van der Waals surface area contributed by atoms with Crippen LogP contribution in [-0.2, 0) is 0 Å². The molecule has 1 N–H and O–H groups in total. The van der Waals surface area contributed by atoms with Gasteiger partial charge >= 0.3 is 6.01 Å². The van der Waals surface area contributed by atoms with Crippen LogP contribution in [0.4, 0.5) is 16.3 Å². The largest absolute Gasteiger partial charge is 0.424 e. The smallest absolute Gasteiger partial charge is 0.328 e. The molecule has 0 aliphatic rings. The minimum Gasteiger partial charge on any atom is -0.424 e. The van der Waals surface area contributed by atoms with Crippen molar-refractivity contribution in [3.05, 3.63) is 29.6 Å². The maximum atomic E-state index is 13.3. The van der Waals surface area contributed by atoms with Crippen LogP contribution < -0.4 is 15.0 Å². The first-order valence-corrected chi connectivity index (χ1v) is 6.61. The molecule has 0 saturated carbocycles. The highest BCUT2D eigenvalue weighted by molar-refractivity contribution is 5.38. The van der Waals surface area contributed by atoms with E-state index in [0.717, 1.165) is 0 Å². The second-order valence-corrected chi connectivity index (χ2v) is 4.68. The number of benzene rings is 1. The monoisotopic (exact) mass is 291 g/mol. The van der Waals surface area contributed by atoms with Crippen molar-refractivity contribution in [1.82, 2.24) is 15.0 Å². The maximum absolute atomic E-state index is 13.3. The van der Waals surface area contributed by atoms with Gasteiger partial charge in [0.2, 0.25) is 11.9 Å². The van der Waals surface area contributed by atoms with Gasteiger partial charge in [-0.05, 0) is 37.6 Å². The Morgan fingerprint density at radius 1 is 1.24 bits per heavy atom. The van der Waals surface area contributed by atoms with Gasteiger partial charge in [0.05, 0.1) is 0 Å². The number of rotatable bonds is 5. The summed E-state index contributed by atoms with van der Waals surface area (Å²) in [5.74, 6) is 1.12. The molecule has 0 unspecified atom stereocenters. The van der Waals surface area contributed by atoms with Crippen molar-refractivity contribution in [2.75, 3.05) is 30.9 Å². The zero-order valence-electron chi connectivity index (χ0n) is 12.5. The Bertz CT molecular complexity index is 633. The lowest BCUT2D eigenvalue weighted by Gasteiger charge is -2.13. The first-order valence-electron chi connectivity index (χ1n) is 6.61. The number of nitrogens with zero attached hydrogens (tertiary/aromatic N) is 4. The molecule has 0 spiro atoms. The van der Waals surface area contributed by atoms with Gasteiger partial charge in [0.1, 0.15) is 11.6 Å². The molecule has 2 aromatic rings. The zero-order chi connectivity index (χ0) is 15.4. The van der Waals surface area contributed by atoms with Gasteiger partial charge in [0, 0.05) is 20.6 Å². The number of nitrogens with one attached hydrogen (secondary N) is 1. The van der Waals surface area contributed by atoms with E-state index in [2.05, 4.69) is 20.3 Å². The van der Waals surface area contributed by atoms with Crippen LogP contribution in [0.2, 0.25) is 0 Å². The lowest BCUT2D eigenvalue weighted by Crippen LogP contribution is -2.15. The molecule has 0 aliphatic carbocycles. The summed E-state index contributed by atoms with van der Waals surface area (Å²) in [5, 5.41) is 3.02. The minimum absolute atomic E-state index is 0.163. The number of halogens is 1. The summed E-state index contributed by atoms with van der Waals surface area (Å²) < 4.78 is 18.9. The predicted octanol–water partition coefficient (Wildman–Crippen LogP) is 2.61. The molecule has 1 aromatic heterocycles. The van der Waals surface area contributed by atoms with Crippen LogP contribution in [0, 0.1) is 12.7 Å². The molecule has 0 aliphatic heterocycles. The van der Waals surface area contributed by atoms with Crippen LogP contribution in [0.25, 0.3) is 0 Å². The third kappa shape index (κ3) is 3.77. The molecule has 2 rings (SSSR count). The van der Waals surface area contributed by atoms with Crippen LogP contribution >= 0.6 is 0 Å². The molecule has 21 heavy (non-hydrogen) atoms. The highest BCUT2D eigenvalue weighted by Gasteiger charge is 2.10. The number of aromatic nitrogens is 3. The van der Waals surface area contributed by atoms with Gasteiger partial charge in [-0.3, -0.25) is 0 Å². The molecule has 0 atom stereocenters. The maximum Gasteiger partial charge on any atom is 0.328 e. The number of hydrogen-bond acceptors (Lipinski definition) is 6. The molecule has 1 aromatic carbocycles. The molecular weight excluding hydrogens is 273 g/mol. The fourth-order valence-corrected chi connectivity index (χ4v) is 1.61. The molecule has 0 saturated heterocycles. The highest BCUT2D eigenvalue weighted by atomic mass is 19.1. The summed E-state index contributed by atoms with van der Waals surface area (Å²) in [5.41, 5.74) is 0.501. The van der Waals surface area contributed by atoms with Gasteiger partial charge in [-0.1, -0.05) is 0 Å². The van der Waals surface area contributed by atoms with Crippen LogP contribution in [-0.4, -0.2) is 35.6 Å². The summed E-state index contributed by atoms with van der Waals surface area (Å²) in [4.78, 5) is 14.4. The standard InChI is InChI=1S/C14H18FN5O/c1-5-16-12-17-13(20(3)4)19-14(18-12)21-10-6-7-11(15)9(2)8-10/h6-8H,5H2,1-4H3,(H,16,17,18,19). The van der Waals surface area contributed by atoms with Crippen molar-refractivity contribution < 1.29 is 9.13 Å². The first kappa shape index (κ1) is 15.0. The Hall–Kier alpha value is -2.44. The SMILES string of the molecule is CCNc1nc(Oc2ccc(F)c(C)c2)nc(N(C)C)n1. The topological polar surface area (TPSA) is 63.2 Å². The lowest BCUT2D eigenvalue weighted by molar-refractivity contribution is 0.438. The average molecular weight is 291 g/mol. The summed E-state index contributed by atoms with van der Waals surface area (Å²) >= 11 is 0. The molecule has 0 radical (unpaired) electrons. The fraction of sp³-hybridized carbons (Fsp3) is 0.357. The molecule has 112 valence electrons. The van der Waals surface area contributed by atoms with Gasteiger partial charge in [0.25, 0.3) is 0 Å². The van der Waals surface area contributed by atoms with E-state index >= 15 is 0 Å². The van der Waals surface area contributed by atoms with Crippen LogP contribution in [0.5, 0.6) is 11.8 Å². The average Bonchev–Trinajstić information content (AvgIpc) is 2.43. The van der Waals surface area contributed by atoms with E-state index < -0.39 is 0 Å². The van der Waals surface area contributed by atoms with E-state index in [4.69, 9.17) is 4.74 Å². The fourth-order valence-electron chi connectivity index (χ4n) is 1.61. The second-order valence-electron chi connectivity index (χ2n) is 4.68. The molecule has 1 heterocycles. The van der Waals surface area contributed by atoms with E-state index in [1.807, 2.05) is 21.0 Å². The summed E-state index contributed by atoms with van der Waals surface area (Å²) in [6.45, 7) is 4.31. The highest BCUT2D eigenvalue weighted by Crippen LogP contribution is 2.22. The molecule has 6 nitrogen and oxygen atoms in total. The molecule has 7 heteroatoms. The van der Waals surface area contributed by atoms with Crippen molar-refractivity contribution in [2.24, 2.45) is 0 Å². The van der Waals surface area contributed by atoms with Gasteiger partial charge < -0.3 is 15.0 Å². The van der Waals surface area contributed by atoms with Crippen LogP contribution in [0.1, 0.15) is 12.5 Å². The van der Waals surface area contributed by atoms with E-state index in [1.54, 1.807) is 17.9 Å². The Kier molecular flexibility index (Phi) is 4.52. The predicted molar refractivity (Wildman–Crippen MR) is 79.5 cm³/mol. The molecule has 0 fully saturated rings. The summed E-state index contributed by atoms with van der Waals surface area (Å²) in [7, 11) is 3.66. The van der Waals surface area contributed by atoms with E-state index in [-0.39, 0.29) is 11.8 Å². The summed E-state index contributed by atoms with van der Waals surface area (Å²) in [6.07, 6.45) is 0. The third-order valence-corrected chi connectivity index (χ3v) is 2.68. The van der Waals surface area contributed by atoms with Crippen molar-refractivity contribution in [2.45, 2.75) is 13.8 Å². The molecule has 0 bridgehead atoms. The van der Waals surface area contributed by atoms with Crippen LogP contribution in [0.15, 0.2) is 18.2 Å². The van der Waals surface area contributed by atoms with Crippen molar-refractivity contribution in [3.63, 3.8) is 0 Å². The number of hydrogen-bond donors (Lipinski definition) is 1. The van der Waals surface area contributed by atoms with Crippen molar-refractivity contribution in [1.29, 1.82) is 0 Å². The molecular formula is C14H18FN5O. The quantitative estimate of drug-likeness (QED) is 0.913. The summed E-state index contributed by atoms with van der Waals surface area (Å²) in [6, 6.07) is 4.65. The molecule has 0 amide bonds. The first-order chi connectivity index (χ1) is 9.99. The second kappa shape index (κ2) is 6.34. The van der Waals surface area contributed by atoms with Gasteiger partial charge in [-0.25, -0.2) is 4.39 Å². The van der Waals surface area contributed by atoms with Crippen molar-refractivity contribution >= 4 is 11.9 Å². The Labute approximate surface area is 123 Å². The number of aryl methyl sites for hydroxylation is 1. The Morgan fingerprint density at radius 2 is 2.00 bits per heavy atom. The van der Waals surface area contributed by atoms with E-state index in [9.17, 15) is 4.39 Å². The van der Waals surface area contributed by atoms with Gasteiger partial charge in [-0.2, -0.15) is 15.0 Å². The minimum atomic E-state index is -0.277. The number of ether oxygens (including phenoxy) is 1. The Morgan fingerprint density at radius 3 is 2.62 bits per heavy atom. The van der Waals surface area contributed by atoms with Crippen molar-refractivity contribution in [3.8, 4) is 11.8 Å². The van der Waals surface area contributed by atoms with E-state index in [1.165, 1.54) is 12.1 Å². The third-order valence-electron chi connectivity index (χ3n) is 2.68. The Balaban J connectivity index is 2.31. The normalized spacial score (nSPS) is 10.3. The zero-order valence-corrected chi connectivity index (χ0v) is 12.5. The van der Waals surface area contributed by atoms with Gasteiger partial charge in [-0.15, -0.1) is 0 Å². The number of anilines is 2. The lowest BCUT2D eigenvalue weighted by atomic mass is 10.2. The van der Waals surface area contributed by atoms with Crippen LogP contribution in [0.3, 0.4) is 0 Å². The van der Waals surface area contributed by atoms with Gasteiger partial charge in [0.15, 0.2) is 0 Å².